The second kappa shape index (κ2) is 12.6. The Hall–Kier alpha value is -2.92. The van der Waals surface area contributed by atoms with Crippen LogP contribution in [0.2, 0.25) is 5.02 Å². The summed E-state index contributed by atoms with van der Waals surface area (Å²) in [5, 5.41) is 3.27. The topological polar surface area (TPSA) is 30.9 Å². The van der Waals surface area contributed by atoms with Gasteiger partial charge in [0.05, 0.1) is 20.8 Å². The summed E-state index contributed by atoms with van der Waals surface area (Å²) < 4.78 is 17.2. The molecule has 0 saturated heterocycles. The summed E-state index contributed by atoms with van der Waals surface area (Å²) in [6.45, 7) is 2.63. The Labute approximate surface area is 230 Å². The minimum atomic E-state index is 0. The van der Waals surface area contributed by atoms with Crippen molar-refractivity contribution in [3.05, 3.63) is 101 Å². The van der Waals surface area contributed by atoms with Gasteiger partial charge in [0.2, 0.25) is 0 Å². The van der Waals surface area contributed by atoms with Crippen LogP contribution in [0.4, 0.5) is 0 Å². The molecule has 37 heavy (non-hydrogen) atoms. The van der Waals surface area contributed by atoms with E-state index in [0.717, 1.165) is 54.6 Å². The van der Waals surface area contributed by atoms with E-state index >= 15 is 0 Å². The molecule has 1 aliphatic rings. The van der Waals surface area contributed by atoms with Crippen LogP contribution in [0.3, 0.4) is 0 Å². The van der Waals surface area contributed by atoms with Crippen molar-refractivity contribution < 1.29 is 14.2 Å². The fraction of sp³-hybridized carbons (Fsp3) is 0.290. The lowest BCUT2D eigenvalue weighted by atomic mass is 9.87. The van der Waals surface area contributed by atoms with E-state index in [1.807, 2.05) is 24.3 Å². The summed E-state index contributed by atoms with van der Waals surface area (Å²) in [7, 11) is 3.41. The van der Waals surface area contributed by atoms with Crippen molar-refractivity contribution in [3.63, 3.8) is 0 Å². The van der Waals surface area contributed by atoms with Crippen LogP contribution >= 0.6 is 24.0 Å². The lowest BCUT2D eigenvalue weighted by molar-refractivity contribution is 0.167. The van der Waals surface area contributed by atoms with Crippen molar-refractivity contribution in [2.75, 3.05) is 33.9 Å². The summed E-state index contributed by atoms with van der Waals surface area (Å²) in [5.41, 5.74) is 4.00. The van der Waals surface area contributed by atoms with Gasteiger partial charge in [0.25, 0.3) is 0 Å². The molecule has 0 saturated carbocycles. The maximum absolute atomic E-state index is 5.99. The lowest BCUT2D eigenvalue weighted by Gasteiger charge is -2.38. The lowest BCUT2D eigenvalue weighted by Crippen LogP contribution is -2.37. The van der Waals surface area contributed by atoms with E-state index in [9.17, 15) is 0 Å². The van der Waals surface area contributed by atoms with E-state index in [4.69, 9.17) is 25.8 Å². The molecule has 5 rings (SSSR count). The highest BCUT2D eigenvalue weighted by Gasteiger charge is 2.29. The van der Waals surface area contributed by atoms with Gasteiger partial charge in [-0.3, -0.25) is 4.90 Å². The van der Waals surface area contributed by atoms with E-state index < -0.39 is 0 Å². The summed E-state index contributed by atoms with van der Waals surface area (Å²) in [5.74, 6) is 2.44. The third-order valence-electron chi connectivity index (χ3n) is 7.03. The second-order valence-electron chi connectivity index (χ2n) is 9.25. The van der Waals surface area contributed by atoms with Gasteiger partial charge < -0.3 is 14.2 Å². The van der Waals surface area contributed by atoms with Crippen LogP contribution in [-0.4, -0.2) is 38.8 Å². The Morgan fingerprint density at radius 2 is 1.59 bits per heavy atom. The normalized spacial score (nSPS) is 15.1. The Morgan fingerprint density at radius 1 is 0.865 bits per heavy atom. The Bertz CT molecular complexity index is 1330. The zero-order valence-electron chi connectivity index (χ0n) is 21.3. The van der Waals surface area contributed by atoms with E-state index in [1.54, 1.807) is 14.2 Å². The summed E-state index contributed by atoms with van der Waals surface area (Å²) in [4.78, 5) is 2.59. The molecule has 194 valence electrons. The molecule has 0 spiro atoms. The highest BCUT2D eigenvalue weighted by Crippen LogP contribution is 2.39. The standard InChI is InChI=1S/C31H32ClNO3.ClH/c1-34-30-20-25-14-16-33(15-5-17-36-27-12-10-26(32)11-13-27)29(28(25)21-31(30)35-2)19-22-8-9-23-6-3-4-7-24(23)18-22;/h3-4,6-13,18,20-21,29H,5,14-17,19H2,1-2H3;1H. The molecule has 0 bridgehead atoms. The first-order valence-corrected chi connectivity index (χ1v) is 12.9. The van der Waals surface area contributed by atoms with Crippen LogP contribution in [0.1, 0.15) is 29.2 Å². The molecular formula is C31H33Cl2NO3. The first kappa shape index (κ1) is 27.1. The molecule has 0 aliphatic carbocycles. The van der Waals surface area contributed by atoms with Crippen molar-refractivity contribution in [1.82, 2.24) is 4.90 Å². The number of halogens is 2. The number of nitrogens with zero attached hydrogens (tertiary/aromatic N) is 1. The fourth-order valence-electron chi connectivity index (χ4n) is 5.16. The van der Waals surface area contributed by atoms with Crippen molar-refractivity contribution >= 4 is 34.8 Å². The molecule has 0 radical (unpaired) electrons. The van der Waals surface area contributed by atoms with Gasteiger partial charge in [-0.05, 0) is 83.1 Å². The predicted molar refractivity (Wildman–Crippen MR) is 154 cm³/mol. The van der Waals surface area contributed by atoms with Crippen LogP contribution in [0.15, 0.2) is 78.9 Å². The maximum atomic E-state index is 5.99. The molecule has 1 heterocycles. The summed E-state index contributed by atoms with van der Waals surface area (Å²) >= 11 is 5.99. The highest BCUT2D eigenvalue weighted by atomic mass is 35.5. The van der Waals surface area contributed by atoms with Gasteiger partial charge in [-0.25, -0.2) is 0 Å². The van der Waals surface area contributed by atoms with Crippen molar-refractivity contribution in [2.24, 2.45) is 0 Å². The second-order valence-corrected chi connectivity index (χ2v) is 9.69. The molecule has 1 atom stereocenters. The SMILES string of the molecule is COc1cc2c(cc1OC)C(Cc1ccc3ccccc3c1)N(CCCOc1ccc(Cl)cc1)CC2.Cl. The molecule has 0 amide bonds. The van der Waals surface area contributed by atoms with Gasteiger partial charge in [0.1, 0.15) is 5.75 Å². The molecule has 4 aromatic rings. The Balaban J connectivity index is 0.00000320. The van der Waals surface area contributed by atoms with Crippen LogP contribution in [0.25, 0.3) is 10.8 Å². The van der Waals surface area contributed by atoms with Crippen LogP contribution in [0, 0.1) is 0 Å². The molecule has 4 aromatic carbocycles. The molecule has 0 aromatic heterocycles. The van der Waals surface area contributed by atoms with Crippen LogP contribution in [-0.2, 0) is 12.8 Å². The number of ether oxygens (including phenoxy) is 3. The minimum Gasteiger partial charge on any atom is -0.494 e. The van der Waals surface area contributed by atoms with E-state index in [2.05, 4.69) is 59.5 Å². The van der Waals surface area contributed by atoms with Gasteiger partial charge in [0.15, 0.2) is 11.5 Å². The molecule has 0 N–H and O–H groups in total. The zero-order chi connectivity index (χ0) is 24.9. The average Bonchev–Trinajstić information content (AvgIpc) is 2.92. The quantitative estimate of drug-likeness (QED) is 0.206. The van der Waals surface area contributed by atoms with Gasteiger partial charge in [0, 0.05) is 24.2 Å². The highest BCUT2D eigenvalue weighted by molar-refractivity contribution is 6.30. The number of methoxy groups -OCH3 is 2. The molecule has 1 aliphatic heterocycles. The molecule has 4 nitrogen and oxygen atoms in total. The Morgan fingerprint density at radius 3 is 2.35 bits per heavy atom. The number of rotatable bonds is 9. The first-order chi connectivity index (χ1) is 17.6. The third-order valence-corrected chi connectivity index (χ3v) is 7.28. The van der Waals surface area contributed by atoms with E-state index in [-0.39, 0.29) is 18.4 Å². The monoisotopic (exact) mass is 537 g/mol. The van der Waals surface area contributed by atoms with Gasteiger partial charge in [-0.15, -0.1) is 12.4 Å². The van der Waals surface area contributed by atoms with Crippen molar-refractivity contribution in [2.45, 2.75) is 25.3 Å². The van der Waals surface area contributed by atoms with Crippen LogP contribution in [0.5, 0.6) is 17.2 Å². The van der Waals surface area contributed by atoms with E-state index in [0.29, 0.717) is 6.61 Å². The largest absolute Gasteiger partial charge is 0.494 e. The number of hydrogen-bond acceptors (Lipinski definition) is 4. The molecule has 6 heteroatoms. The van der Waals surface area contributed by atoms with E-state index in [1.165, 1.54) is 27.5 Å². The fourth-order valence-corrected chi connectivity index (χ4v) is 5.29. The van der Waals surface area contributed by atoms with Gasteiger partial charge in [-0.1, -0.05) is 54.1 Å². The maximum Gasteiger partial charge on any atom is 0.161 e. The first-order valence-electron chi connectivity index (χ1n) is 12.5. The average molecular weight is 539 g/mol. The zero-order valence-corrected chi connectivity index (χ0v) is 22.9. The summed E-state index contributed by atoms with van der Waals surface area (Å²) in [6, 6.07) is 27.5. The third kappa shape index (κ3) is 6.32. The number of benzene rings is 4. The molecular weight excluding hydrogens is 505 g/mol. The number of hydrogen-bond donors (Lipinski definition) is 0. The van der Waals surface area contributed by atoms with Gasteiger partial charge in [-0.2, -0.15) is 0 Å². The predicted octanol–water partition coefficient (Wildman–Crippen LogP) is 7.54. The molecule has 0 fully saturated rings. The number of fused-ring (bicyclic) bond motifs is 2. The van der Waals surface area contributed by atoms with Crippen molar-refractivity contribution in [3.8, 4) is 17.2 Å². The van der Waals surface area contributed by atoms with Crippen molar-refractivity contribution in [1.29, 1.82) is 0 Å². The van der Waals surface area contributed by atoms with Crippen LogP contribution < -0.4 is 14.2 Å². The van der Waals surface area contributed by atoms with Gasteiger partial charge >= 0.3 is 0 Å². The molecule has 1 unspecified atom stereocenters. The minimum absolute atomic E-state index is 0. The summed E-state index contributed by atoms with van der Waals surface area (Å²) in [6.07, 6.45) is 2.87. The Kier molecular flexibility index (Phi) is 9.20. The smallest absolute Gasteiger partial charge is 0.161 e.